The van der Waals surface area contributed by atoms with E-state index in [9.17, 15) is 9.59 Å². The van der Waals surface area contributed by atoms with E-state index in [-0.39, 0.29) is 17.8 Å². The molecule has 210 valence electrons. The van der Waals surface area contributed by atoms with Gasteiger partial charge < -0.3 is 14.8 Å². The third-order valence-corrected chi connectivity index (χ3v) is 8.00. The molecule has 0 aliphatic carbocycles. The third-order valence-electron chi connectivity index (χ3n) is 7.05. The number of amides is 1. The van der Waals surface area contributed by atoms with Crippen molar-refractivity contribution < 1.29 is 19.1 Å². The zero-order valence-electron chi connectivity index (χ0n) is 23.0. The summed E-state index contributed by atoms with van der Waals surface area (Å²) in [6, 6.07) is 13.2. The van der Waals surface area contributed by atoms with E-state index in [0.717, 1.165) is 60.7 Å². The summed E-state index contributed by atoms with van der Waals surface area (Å²) in [5.41, 5.74) is 3.28. The summed E-state index contributed by atoms with van der Waals surface area (Å²) in [6.07, 6.45) is 9.98. The number of rotatable bonds is 13. The highest BCUT2D eigenvalue weighted by molar-refractivity contribution is 7.99. The molecule has 1 amide bonds. The summed E-state index contributed by atoms with van der Waals surface area (Å²) in [7, 11) is 0. The number of hydrazone groups is 1. The first kappa shape index (κ1) is 29.0. The maximum atomic E-state index is 12.9. The summed E-state index contributed by atoms with van der Waals surface area (Å²) in [5, 5.41) is 9.60. The van der Waals surface area contributed by atoms with Crippen LogP contribution in [0.2, 0.25) is 0 Å². The van der Waals surface area contributed by atoms with Crippen LogP contribution in [0.25, 0.3) is 0 Å². The third kappa shape index (κ3) is 9.60. The van der Waals surface area contributed by atoms with E-state index in [4.69, 9.17) is 9.47 Å². The fraction of sp³-hybridized carbons (Fsp3) is 0.516. The molecule has 2 aromatic carbocycles. The van der Waals surface area contributed by atoms with Crippen LogP contribution in [0.5, 0.6) is 5.75 Å². The predicted octanol–water partition coefficient (Wildman–Crippen LogP) is 6.17. The second kappa shape index (κ2) is 15.6. The second-order valence-corrected chi connectivity index (χ2v) is 11.5. The molecular weight excluding hydrogens is 510 g/mol. The Morgan fingerprint density at radius 1 is 1.08 bits per heavy atom. The number of ether oxygens (including phenoxy) is 2. The summed E-state index contributed by atoms with van der Waals surface area (Å²) in [5.74, 6) is 2.69. The fourth-order valence-corrected chi connectivity index (χ4v) is 5.63. The minimum Gasteiger partial charge on any atom is -0.493 e. The number of carbonyl (C=O) groups excluding carboxylic acids is 2. The molecule has 1 saturated heterocycles. The molecule has 1 fully saturated rings. The highest BCUT2D eigenvalue weighted by Crippen LogP contribution is 2.30. The Bertz CT molecular complexity index is 1100. The van der Waals surface area contributed by atoms with Crippen molar-refractivity contribution in [1.82, 2.24) is 5.01 Å². The quantitative estimate of drug-likeness (QED) is 0.182. The minimum absolute atomic E-state index is 0.0880. The van der Waals surface area contributed by atoms with Crippen LogP contribution in [0.15, 0.2) is 47.6 Å². The van der Waals surface area contributed by atoms with Crippen LogP contribution >= 0.6 is 11.8 Å². The van der Waals surface area contributed by atoms with Gasteiger partial charge in [0.15, 0.2) is 0 Å². The van der Waals surface area contributed by atoms with Gasteiger partial charge in [0.05, 0.1) is 25.8 Å². The standard InChI is InChI=1S/C31H41N3O4S/c1-2-3-4-5-6-7-16-37-30(35)20-25-19-26-10-11-27(21-29(26)38-23-25)31(36)33-28-12-8-24(9-13-28)22-32-34-14-17-39-18-15-34/h8-13,21-22,25H,2-7,14-20,23H2,1H3,(H,33,36)/b32-22+. The molecule has 1 N–H and O–H groups in total. The van der Waals surface area contributed by atoms with E-state index in [2.05, 4.69) is 22.4 Å². The van der Waals surface area contributed by atoms with Gasteiger partial charge in [-0.05, 0) is 48.2 Å². The van der Waals surface area contributed by atoms with Crippen LogP contribution in [0.4, 0.5) is 5.69 Å². The maximum Gasteiger partial charge on any atom is 0.306 e. The van der Waals surface area contributed by atoms with E-state index in [1.807, 2.05) is 54.4 Å². The smallest absolute Gasteiger partial charge is 0.306 e. The topological polar surface area (TPSA) is 80.2 Å². The molecule has 7 nitrogen and oxygen atoms in total. The van der Waals surface area contributed by atoms with Crippen molar-refractivity contribution in [2.24, 2.45) is 11.0 Å². The number of unbranched alkanes of at least 4 members (excludes halogenated alkanes) is 5. The first-order valence-electron chi connectivity index (χ1n) is 14.3. The molecule has 2 aliphatic rings. The molecule has 0 spiro atoms. The summed E-state index contributed by atoms with van der Waals surface area (Å²) < 4.78 is 11.4. The first-order chi connectivity index (χ1) is 19.1. The minimum atomic E-state index is -0.186. The van der Waals surface area contributed by atoms with Gasteiger partial charge in [0, 0.05) is 41.8 Å². The van der Waals surface area contributed by atoms with Gasteiger partial charge in [-0.2, -0.15) is 16.9 Å². The van der Waals surface area contributed by atoms with Crippen molar-refractivity contribution >= 4 is 35.5 Å². The van der Waals surface area contributed by atoms with Gasteiger partial charge >= 0.3 is 5.97 Å². The van der Waals surface area contributed by atoms with E-state index in [1.165, 1.54) is 25.7 Å². The zero-order valence-corrected chi connectivity index (χ0v) is 23.8. The summed E-state index contributed by atoms with van der Waals surface area (Å²) in [6.45, 7) is 5.11. The summed E-state index contributed by atoms with van der Waals surface area (Å²) >= 11 is 1.96. The lowest BCUT2D eigenvalue weighted by molar-refractivity contribution is -0.145. The number of fused-ring (bicyclic) bond motifs is 1. The molecular formula is C31H41N3O4S. The van der Waals surface area contributed by atoms with Gasteiger partial charge in [-0.3, -0.25) is 14.6 Å². The molecule has 0 radical (unpaired) electrons. The number of carbonyl (C=O) groups is 2. The van der Waals surface area contributed by atoms with Gasteiger partial charge in [-0.1, -0.05) is 57.2 Å². The van der Waals surface area contributed by atoms with Crippen LogP contribution in [0.1, 0.15) is 73.4 Å². The van der Waals surface area contributed by atoms with Crippen LogP contribution in [0, 0.1) is 5.92 Å². The molecule has 39 heavy (non-hydrogen) atoms. The number of nitrogens with zero attached hydrogens (tertiary/aromatic N) is 2. The van der Waals surface area contributed by atoms with E-state index in [0.29, 0.717) is 30.9 Å². The largest absolute Gasteiger partial charge is 0.493 e. The summed E-state index contributed by atoms with van der Waals surface area (Å²) in [4.78, 5) is 25.1. The average molecular weight is 552 g/mol. The molecule has 4 rings (SSSR count). The monoisotopic (exact) mass is 551 g/mol. The highest BCUT2D eigenvalue weighted by atomic mass is 32.2. The highest BCUT2D eigenvalue weighted by Gasteiger charge is 2.24. The van der Waals surface area contributed by atoms with Gasteiger partial charge in [0.25, 0.3) is 5.91 Å². The van der Waals surface area contributed by atoms with E-state index >= 15 is 0 Å². The maximum absolute atomic E-state index is 12.9. The Morgan fingerprint density at radius 3 is 2.64 bits per heavy atom. The molecule has 0 aromatic heterocycles. The van der Waals surface area contributed by atoms with Crippen molar-refractivity contribution in [3.05, 3.63) is 59.2 Å². The molecule has 2 aliphatic heterocycles. The van der Waals surface area contributed by atoms with Crippen LogP contribution in [0.3, 0.4) is 0 Å². The number of esters is 1. The molecule has 0 saturated carbocycles. The zero-order chi connectivity index (χ0) is 27.3. The van der Waals surface area contributed by atoms with Gasteiger partial charge in [0.1, 0.15) is 5.75 Å². The number of hydrogen-bond donors (Lipinski definition) is 1. The molecule has 2 aromatic rings. The Morgan fingerprint density at radius 2 is 1.85 bits per heavy atom. The molecule has 1 unspecified atom stereocenters. The second-order valence-electron chi connectivity index (χ2n) is 10.3. The number of thioether (sulfide) groups is 1. The number of anilines is 1. The Hall–Kier alpha value is -3.00. The fourth-order valence-electron chi connectivity index (χ4n) is 4.74. The van der Waals surface area contributed by atoms with Crippen LogP contribution in [-0.4, -0.2) is 60.9 Å². The van der Waals surface area contributed by atoms with Crippen LogP contribution < -0.4 is 10.1 Å². The average Bonchev–Trinajstić information content (AvgIpc) is 2.96. The van der Waals surface area contributed by atoms with Gasteiger partial charge in [-0.25, -0.2) is 0 Å². The Labute approximate surface area is 236 Å². The lowest BCUT2D eigenvalue weighted by Gasteiger charge is -2.25. The SMILES string of the molecule is CCCCCCCCOC(=O)CC1COc2cc(C(=O)Nc3ccc(/C=N/N4CCSCC4)cc3)ccc2C1. The lowest BCUT2D eigenvalue weighted by atomic mass is 9.93. The Kier molecular flexibility index (Phi) is 11.6. The molecule has 2 heterocycles. The van der Waals surface area contributed by atoms with Crippen molar-refractivity contribution in [2.45, 2.75) is 58.3 Å². The predicted molar refractivity (Wildman–Crippen MR) is 159 cm³/mol. The number of nitrogens with one attached hydrogen (secondary N) is 1. The molecule has 8 heteroatoms. The lowest BCUT2D eigenvalue weighted by Crippen LogP contribution is -2.27. The van der Waals surface area contributed by atoms with Crippen LogP contribution in [-0.2, 0) is 16.0 Å². The molecule has 0 bridgehead atoms. The van der Waals surface area contributed by atoms with E-state index < -0.39 is 0 Å². The van der Waals surface area contributed by atoms with Crippen molar-refractivity contribution in [2.75, 3.05) is 43.1 Å². The van der Waals surface area contributed by atoms with Crippen molar-refractivity contribution in [3.8, 4) is 5.75 Å². The van der Waals surface area contributed by atoms with Crippen molar-refractivity contribution in [1.29, 1.82) is 0 Å². The van der Waals surface area contributed by atoms with Gasteiger partial charge in [-0.15, -0.1) is 0 Å². The Balaban J connectivity index is 1.20. The molecule has 1 atom stereocenters. The van der Waals surface area contributed by atoms with Gasteiger partial charge in [0.2, 0.25) is 0 Å². The number of benzene rings is 2. The first-order valence-corrected chi connectivity index (χ1v) is 15.5. The van der Waals surface area contributed by atoms with Crippen molar-refractivity contribution in [3.63, 3.8) is 0 Å². The normalized spacial score (nSPS) is 16.9. The van der Waals surface area contributed by atoms with E-state index in [1.54, 1.807) is 6.07 Å². The number of hydrogen-bond acceptors (Lipinski definition) is 7.